The third kappa shape index (κ3) is 2.04. The maximum absolute atomic E-state index is 5.54. The van der Waals surface area contributed by atoms with E-state index in [2.05, 4.69) is 5.16 Å². The second-order valence-corrected chi connectivity index (χ2v) is 3.66. The highest BCUT2D eigenvalue weighted by molar-refractivity contribution is 5.72. The van der Waals surface area contributed by atoms with E-state index in [1.54, 1.807) is 20.3 Å². The molecule has 1 aromatic heterocycles. The molecule has 0 fully saturated rings. The first-order chi connectivity index (χ1) is 8.15. The topological polar surface area (TPSA) is 70.5 Å². The maximum Gasteiger partial charge on any atom is 0.172 e. The Morgan fingerprint density at radius 1 is 1.18 bits per heavy atom. The number of anilines is 1. The van der Waals surface area contributed by atoms with Crippen LogP contribution in [-0.2, 0) is 0 Å². The van der Waals surface area contributed by atoms with Crippen LogP contribution in [0.5, 0.6) is 11.5 Å². The highest BCUT2D eigenvalue weighted by atomic mass is 16.5. The van der Waals surface area contributed by atoms with Crippen molar-refractivity contribution in [1.29, 1.82) is 0 Å². The largest absolute Gasteiger partial charge is 0.493 e. The minimum atomic E-state index is 0.336. The number of nitrogens with two attached hydrogens (primary N) is 1. The van der Waals surface area contributed by atoms with Crippen molar-refractivity contribution >= 4 is 5.82 Å². The van der Waals surface area contributed by atoms with Gasteiger partial charge >= 0.3 is 0 Å². The first kappa shape index (κ1) is 11.3. The molecular formula is C12H14N2O3. The molecule has 0 aliphatic carbocycles. The number of ether oxygens (including phenoxy) is 2. The Kier molecular flexibility index (Phi) is 2.91. The van der Waals surface area contributed by atoms with E-state index in [9.17, 15) is 0 Å². The van der Waals surface area contributed by atoms with Crippen molar-refractivity contribution in [3.05, 3.63) is 23.8 Å². The van der Waals surface area contributed by atoms with Crippen LogP contribution in [0, 0.1) is 6.92 Å². The summed E-state index contributed by atoms with van der Waals surface area (Å²) >= 11 is 0. The Hall–Kier alpha value is -2.17. The highest BCUT2D eigenvalue weighted by Gasteiger charge is 2.16. The van der Waals surface area contributed by atoms with Crippen LogP contribution in [0.1, 0.15) is 5.56 Å². The van der Waals surface area contributed by atoms with Crippen molar-refractivity contribution < 1.29 is 14.0 Å². The molecule has 0 amide bonds. The number of rotatable bonds is 3. The lowest BCUT2D eigenvalue weighted by molar-refractivity contribution is 0.353. The smallest absolute Gasteiger partial charge is 0.172 e. The van der Waals surface area contributed by atoms with Crippen LogP contribution in [0.4, 0.5) is 5.82 Å². The van der Waals surface area contributed by atoms with Crippen LogP contribution in [0.25, 0.3) is 11.3 Å². The standard InChI is InChI=1S/C12H14N2O3/c1-7-4-8(9-6-11(13)14-17-9)12(16-3)10(5-7)15-2/h4-6H,1-3H3,(H2,13,14). The zero-order valence-corrected chi connectivity index (χ0v) is 9.98. The molecule has 2 N–H and O–H groups in total. The summed E-state index contributed by atoms with van der Waals surface area (Å²) in [7, 11) is 3.17. The van der Waals surface area contributed by atoms with Gasteiger partial charge in [0.05, 0.1) is 19.8 Å². The predicted molar refractivity (Wildman–Crippen MR) is 64.2 cm³/mol. The molecule has 0 aliphatic rings. The van der Waals surface area contributed by atoms with Crippen molar-refractivity contribution in [3.8, 4) is 22.8 Å². The lowest BCUT2D eigenvalue weighted by Gasteiger charge is -2.11. The van der Waals surface area contributed by atoms with Crippen molar-refractivity contribution in [2.24, 2.45) is 0 Å². The number of hydrogen-bond acceptors (Lipinski definition) is 5. The molecular weight excluding hydrogens is 220 g/mol. The second-order valence-electron chi connectivity index (χ2n) is 3.66. The third-order valence-electron chi connectivity index (χ3n) is 2.42. The second kappa shape index (κ2) is 4.37. The van der Waals surface area contributed by atoms with E-state index in [0.29, 0.717) is 23.1 Å². The fraction of sp³-hybridized carbons (Fsp3) is 0.250. The van der Waals surface area contributed by atoms with Gasteiger partial charge in [-0.15, -0.1) is 0 Å². The van der Waals surface area contributed by atoms with Crippen LogP contribution in [0.2, 0.25) is 0 Å². The summed E-state index contributed by atoms with van der Waals surface area (Å²) in [6.07, 6.45) is 0. The molecule has 0 radical (unpaired) electrons. The molecule has 0 unspecified atom stereocenters. The minimum absolute atomic E-state index is 0.336. The summed E-state index contributed by atoms with van der Waals surface area (Å²) < 4.78 is 15.7. The van der Waals surface area contributed by atoms with Gasteiger partial charge in [0, 0.05) is 6.07 Å². The number of methoxy groups -OCH3 is 2. The van der Waals surface area contributed by atoms with Crippen LogP contribution in [-0.4, -0.2) is 19.4 Å². The summed E-state index contributed by atoms with van der Waals surface area (Å²) in [5, 5.41) is 3.66. The molecule has 17 heavy (non-hydrogen) atoms. The first-order valence-electron chi connectivity index (χ1n) is 5.11. The van der Waals surface area contributed by atoms with E-state index in [1.165, 1.54) is 0 Å². The lowest BCUT2D eigenvalue weighted by Crippen LogP contribution is -1.94. The number of hydrogen-bond donors (Lipinski definition) is 1. The molecule has 0 bridgehead atoms. The lowest BCUT2D eigenvalue weighted by atomic mass is 10.1. The zero-order valence-electron chi connectivity index (χ0n) is 9.98. The van der Waals surface area contributed by atoms with Crippen molar-refractivity contribution in [2.75, 3.05) is 20.0 Å². The number of nitrogen functional groups attached to an aromatic ring is 1. The zero-order chi connectivity index (χ0) is 12.4. The minimum Gasteiger partial charge on any atom is -0.493 e. The van der Waals surface area contributed by atoms with Gasteiger partial charge in [0.25, 0.3) is 0 Å². The van der Waals surface area contributed by atoms with Crippen molar-refractivity contribution in [3.63, 3.8) is 0 Å². The van der Waals surface area contributed by atoms with Gasteiger partial charge in [-0.25, -0.2) is 0 Å². The number of nitrogens with zero attached hydrogens (tertiary/aromatic N) is 1. The maximum atomic E-state index is 5.54. The molecule has 1 aromatic carbocycles. The van der Waals surface area contributed by atoms with Gasteiger partial charge in [-0.1, -0.05) is 5.16 Å². The molecule has 0 atom stereocenters. The molecule has 90 valence electrons. The average molecular weight is 234 g/mol. The molecule has 5 heteroatoms. The monoisotopic (exact) mass is 234 g/mol. The Morgan fingerprint density at radius 2 is 1.94 bits per heavy atom. The number of aryl methyl sites for hydroxylation is 1. The van der Waals surface area contributed by atoms with Crippen LogP contribution in [0.15, 0.2) is 22.7 Å². The van der Waals surface area contributed by atoms with Crippen molar-refractivity contribution in [1.82, 2.24) is 5.16 Å². The third-order valence-corrected chi connectivity index (χ3v) is 2.42. The fourth-order valence-corrected chi connectivity index (χ4v) is 1.70. The van der Waals surface area contributed by atoms with Gasteiger partial charge < -0.3 is 19.7 Å². The van der Waals surface area contributed by atoms with E-state index in [4.69, 9.17) is 19.7 Å². The van der Waals surface area contributed by atoms with E-state index >= 15 is 0 Å². The van der Waals surface area contributed by atoms with Crippen LogP contribution >= 0.6 is 0 Å². The molecule has 1 heterocycles. The van der Waals surface area contributed by atoms with Crippen LogP contribution < -0.4 is 15.2 Å². The van der Waals surface area contributed by atoms with E-state index in [0.717, 1.165) is 11.1 Å². The molecule has 5 nitrogen and oxygen atoms in total. The molecule has 2 rings (SSSR count). The number of benzene rings is 1. The summed E-state index contributed by atoms with van der Waals surface area (Å²) in [5.74, 6) is 2.15. The van der Waals surface area contributed by atoms with Crippen molar-refractivity contribution in [2.45, 2.75) is 6.92 Å². The van der Waals surface area contributed by atoms with Gasteiger partial charge in [0.2, 0.25) is 0 Å². The van der Waals surface area contributed by atoms with Gasteiger partial charge in [0.1, 0.15) is 0 Å². The molecule has 0 saturated carbocycles. The summed E-state index contributed by atoms with van der Waals surface area (Å²) in [6, 6.07) is 5.47. The first-order valence-corrected chi connectivity index (χ1v) is 5.11. The highest BCUT2D eigenvalue weighted by Crippen LogP contribution is 2.39. The summed E-state index contributed by atoms with van der Waals surface area (Å²) in [4.78, 5) is 0. The van der Waals surface area contributed by atoms with Gasteiger partial charge in [0.15, 0.2) is 23.1 Å². The van der Waals surface area contributed by atoms with E-state index < -0.39 is 0 Å². The predicted octanol–water partition coefficient (Wildman–Crippen LogP) is 2.25. The number of aromatic nitrogens is 1. The molecule has 0 spiro atoms. The Labute approximate surface area is 99.1 Å². The summed E-state index contributed by atoms with van der Waals surface area (Å²) in [5.41, 5.74) is 7.35. The Bertz CT molecular complexity index is 535. The molecule has 0 saturated heterocycles. The van der Waals surface area contributed by atoms with Gasteiger partial charge in [-0.2, -0.15) is 0 Å². The molecule has 2 aromatic rings. The molecule has 0 aliphatic heterocycles. The van der Waals surface area contributed by atoms with E-state index in [1.807, 2.05) is 19.1 Å². The Balaban J connectivity index is 2.63. The van der Waals surface area contributed by atoms with Gasteiger partial charge in [-0.05, 0) is 24.6 Å². The van der Waals surface area contributed by atoms with E-state index in [-0.39, 0.29) is 0 Å². The van der Waals surface area contributed by atoms with Gasteiger partial charge in [-0.3, -0.25) is 0 Å². The normalized spacial score (nSPS) is 10.3. The summed E-state index contributed by atoms with van der Waals surface area (Å²) in [6.45, 7) is 1.96. The quantitative estimate of drug-likeness (QED) is 0.881. The fourth-order valence-electron chi connectivity index (χ4n) is 1.70. The average Bonchev–Trinajstić information content (AvgIpc) is 2.74. The SMILES string of the molecule is COc1cc(C)cc(-c2cc(N)no2)c1OC. The van der Waals surface area contributed by atoms with Crippen LogP contribution in [0.3, 0.4) is 0 Å². The Morgan fingerprint density at radius 3 is 2.47 bits per heavy atom.